The highest BCUT2D eigenvalue weighted by Crippen LogP contribution is 2.30. The van der Waals surface area contributed by atoms with Crippen LogP contribution < -0.4 is 15.3 Å². The third-order valence-corrected chi connectivity index (χ3v) is 5.64. The van der Waals surface area contributed by atoms with E-state index in [1.165, 1.54) is 37.9 Å². The van der Waals surface area contributed by atoms with Crippen LogP contribution >= 0.6 is 0 Å². The molecule has 136 valence electrons. The summed E-state index contributed by atoms with van der Waals surface area (Å²) in [4.78, 5) is 25.4. The van der Waals surface area contributed by atoms with Crippen LogP contribution in [-0.4, -0.2) is 25.0 Å². The van der Waals surface area contributed by atoms with Crippen LogP contribution in [0.1, 0.15) is 50.5 Å². The molecule has 0 spiro atoms. The molecule has 0 unspecified atom stereocenters. The van der Waals surface area contributed by atoms with Gasteiger partial charge in [-0.2, -0.15) is 0 Å². The number of rotatable bonds is 5. The Balaban J connectivity index is 1.56. The summed E-state index contributed by atoms with van der Waals surface area (Å²) in [5.41, 5.74) is 2.02. The van der Waals surface area contributed by atoms with Crippen molar-refractivity contribution >= 4 is 17.6 Å². The molecule has 1 heterocycles. The molecule has 1 saturated heterocycles. The lowest BCUT2D eigenvalue weighted by molar-refractivity contribution is -0.918. The van der Waals surface area contributed by atoms with Crippen LogP contribution in [0, 0.1) is 11.8 Å². The van der Waals surface area contributed by atoms with Crippen molar-refractivity contribution in [1.29, 1.82) is 0 Å². The van der Waals surface area contributed by atoms with Gasteiger partial charge < -0.3 is 20.1 Å². The summed E-state index contributed by atoms with van der Waals surface area (Å²) in [6.45, 7) is 3.51. The molecule has 2 atom stereocenters. The number of piperidine rings is 1. The maximum atomic E-state index is 12.5. The summed E-state index contributed by atoms with van der Waals surface area (Å²) >= 11 is 0. The van der Waals surface area contributed by atoms with Crippen molar-refractivity contribution in [3.05, 3.63) is 29.8 Å². The fourth-order valence-corrected chi connectivity index (χ4v) is 4.18. The molecule has 0 bridgehead atoms. The number of amides is 1. The molecular formula is C20H28N2O3. The maximum absolute atomic E-state index is 12.5. The first-order chi connectivity index (χ1) is 12.1. The van der Waals surface area contributed by atoms with Gasteiger partial charge in [-0.05, 0) is 44.2 Å². The van der Waals surface area contributed by atoms with Crippen LogP contribution in [-0.2, 0) is 16.1 Å². The fraction of sp³-hybridized carbons (Fsp3) is 0.600. The largest absolute Gasteiger partial charge is 0.550 e. The van der Waals surface area contributed by atoms with Gasteiger partial charge in [0.2, 0.25) is 5.91 Å². The smallest absolute Gasteiger partial charge is 0.228 e. The number of carbonyl (C=O) groups is 2. The molecule has 1 saturated carbocycles. The number of aliphatic carboxylic acids is 1. The van der Waals surface area contributed by atoms with E-state index in [1.54, 1.807) is 4.90 Å². The number of carboxylic acids is 1. The number of benzene rings is 1. The van der Waals surface area contributed by atoms with Crippen LogP contribution in [0.3, 0.4) is 0 Å². The third-order valence-electron chi connectivity index (χ3n) is 5.64. The second-order valence-corrected chi connectivity index (χ2v) is 7.49. The van der Waals surface area contributed by atoms with Gasteiger partial charge in [-0.3, -0.25) is 4.79 Å². The first-order valence-electron chi connectivity index (χ1n) is 9.58. The second kappa shape index (κ2) is 8.48. The Kier molecular flexibility index (Phi) is 6.08. The summed E-state index contributed by atoms with van der Waals surface area (Å²) in [6, 6.07) is 7.98. The monoisotopic (exact) mass is 344 g/mol. The molecule has 2 N–H and O–H groups in total. The molecular weight excluding hydrogens is 316 g/mol. The maximum Gasteiger partial charge on any atom is 0.228 e. The van der Waals surface area contributed by atoms with Crippen molar-refractivity contribution in [2.75, 3.05) is 18.4 Å². The van der Waals surface area contributed by atoms with E-state index in [1.807, 2.05) is 12.1 Å². The SMILES string of the molecule is O=C(Nc1ccc(C[NH+]2CCCCC2)cc1)[C@H]1CCCC[C@H]1C(=O)[O-]. The molecule has 25 heavy (non-hydrogen) atoms. The van der Waals surface area contributed by atoms with Gasteiger partial charge in [0.15, 0.2) is 0 Å². The minimum Gasteiger partial charge on any atom is -0.550 e. The van der Waals surface area contributed by atoms with E-state index >= 15 is 0 Å². The summed E-state index contributed by atoms with van der Waals surface area (Å²) in [5, 5.41) is 14.2. The number of carboxylic acid groups (broad SMARTS) is 1. The Morgan fingerprint density at radius 1 is 0.960 bits per heavy atom. The predicted molar refractivity (Wildman–Crippen MR) is 93.8 cm³/mol. The highest BCUT2D eigenvalue weighted by Gasteiger charge is 2.31. The number of likely N-dealkylation sites (tertiary alicyclic amines) is 1. The lowest BCUT2D eigenvalue weighted by Crippen LogP contribution is -3.11. The van der Waals surface area contributed by atoms with E-state index < -0.39 is 17.8 Å². The molecule has 1 aliphatic carbocycles. The van der Waals surface area contributed by atoms with Gasteiger partial charge in [0.05, 0.1) is 13.1 Å². The standard InChI is InChI=1S/C20H28N2O3/c23-19(17-6-2-3-7-18(17)20(24)25)21-16-10-8-15(9-11-16)14-22-12-4-1-5-13-22/h8-11,17-18H,1-7,12-14H2,(H,21,23)(H,24,25)/t17-,18+/m0/s1. The Labute approximate surface area is 149 Å². The van der Waals surface area contributed by atoms with Crippen LogP contribution in [0.4, 0.5) is 5.69 Å². The Morgan fingerprint density at radius 3 is 2.24 bits per heavy atom. The molecule has 5 heteroatoms. The fourth-order valence-electron chi connectivity index (χ4n) is 4.18. The molecule has 0 aromatic heterocycles. The molecule has 1 amide bonds. The molecule has 2 aliphatic rings. The molecule has 0 radical (unpaired) electrons. The zero-order valence-corrected chi connectivity index (χ0v) is 14.8. The molecule has 1 aromatic rings. The topological polar surface area (TPSA) is 73.7 Å². The molecule has 1 aliphatic heterocycles. The van der Waals surface area contributed by atoms with Crippen LogP contribution in [0.25, 0.3) is 0 Å². The molecule has 2 fully saturated rings. The Bertz CT molecular complexity index is 593. The summed E-state index contributed by atoms with van der Waals surface area (Å²) in [7, 11) is 0. The van der Waals surface area contributed by atoms with E-state index in [-0.39, 0.29) is 5.91 Å². The third kappa shape index (κ3) is 4.82. The van der Waals surface area contributed by atoms with Crippen LogP contribution in [0.5, 0.6) is 0 Å². The van der Waals surface area contributed by atoms with E-state index in [2.05, 4.69) is 17.4 Å². The summed E-state index contributed by atoms with van der Waals surface area (Å²) in [6.07, 6.45) is 6.89. The molecule has 3 rings (SSSR count). The van der Waals surface area contributed by atoms with Crippen LogP contribution in [0.15, 0.2) is 24.3 Å². The highest BCUT2D eigenvalue weighted by atomic mass is 16.4. The zero-order valence-electron chi connectivity index (χ0n) is 14.8. The van der Waals surface area contributed by atoms with Crippen molar-refractivity contribution in [3.63, 3.8) is 0 Å². The van der Waals surface area contributed by atoms with Gasteiger partial charge in [0, 0.05) is 29.1 Å². The van der Waals surface area contributed by atoms with Gasteiger partial charge in [-0.25, -0.2) is 0 Å². The summed E-state index contributed by atoms with van der Waals surface area (Å²) in [5.74, 6) is -2.42. The quantitative estimate of drug-likeness (QED) is 0.828. The highest BCUT2D eigenvalue weighted by molar-refractivity contribution is 5.95. The Hall–Kier alpha value is -1.88. The van der Waals surface area contributed by atoms with E-state index in [4.69, 9.17) is 0 Å². The average molecular weight is 344 g/mol. The lowest BCUT2D eigenvalue weighted by Gasteiger charge is -2.31. The number of carbonyl (C=O) groups excluding carboxylic acids is 2. The van der Waals surface area contributed by atoms with Crippen molar-refractivity contribution in [2.24, 2.45) is 11.8 Å². The van der Waals surface area contributed by atoms with Gasteiger partial charge in [-0.15, -0.1) is 0 Å². The number of hydrogen-bond donors (Lipinski definition) is 2. The minimum absolute atomic E-state index is 0.191. The second-order valence-electron chi connectivity index (χ2n) is 7.49. The van der Waals surface area contributed by atoms with Crippen molar-refractivity contribution < 1.29 is 19.6 Å². The van der Waals surface area contributed by atoms with E-state index in [0.29, 0.717) is 12.8 Å². The van der Waals surface area contributed by atoms with Gasteiger partial charge in [0.25, 0.3) is 0 Å². The van der Waals surface area contributed by atoms with Gasteiger partial charge in [0.1, 0.15) is 6.54 Å². The normalized spacial score (nSPS) is 24.6. The predicted octanol–water partition coefficient (Wildman–Crippen LogP) is 0.750. The van der Waals surface area contributed by atoms with Gasteiger partial charge in [-0.1, -0.05) is 25.0 Å². The molecule has 5 nitrogen and oxygen atoms in total. The minimum atomic E-state index is -1.10. The average Bonchev–Trinajstić information content (AvgIpc) is 2.64. The van der Waals surface area contributed by atoms with Crippen molar-refractivity contribution in [3.8, 4) is 0 Å². The number of hydrogen-bond acceptors (Lipinski definition) is 3. The lowest BCUT2D eigenvalue weighted by atomic mass is 9.78. The zero-order chi connectivity index (χ0) is 17.6. The van der Waals surface area contributed by atoms with E-state index in [9.17, 15) is 14.7 Å². The van der Waals surface area contributed by atoms with Crippen LogP contribution in [0.2, 0.25) is 0 Å². The molecule has 1 aromatic carbocycles. The Morgan fingerprint density at radius 2 is 1.60 bits per heavy atom. The number of nitrogens with one attached hydrogen (secondary N) is 2. The first-order valence-corrected chi connectivity index (χ1v) is 9.58. The van der Waals surface area contributed by atoms with Crippen molar-refractivity contribution in [2.45, 2.75) is 51.5 Å². The first kappa shape index (κ1) is 17.9. The van der Waals surface area contributed by atoms with Gasteiger partial charge >= 0.3 is 0 Å². The van der Waals surface area contributed by atoms with E-state index in [0.717, 1.165) is 25.1 Å². The summed E-state index contributed by atoms with van der Waals surface area (Å²) < 4.78 is 0. The number of quaternary nitrogens is 1. The number of anilines is 1. The van der Waals surface area contributed by atoms with Crippen molar-refractivity contribution in [1.82, 2.24) is 0 Å².